The van der Waals surface area contributed by atoms with Crippen molar-refractivity contribution in [2.24, 2.45) is 0 Å². The van der Waals surface area contributed by atoms with Crippen LogP contribution in [0.25, 0.3) is 5.69 Å². The maximum absolute atomic E-state index is 12.7. The molecule has 3 aromatic rings. The van der Waals surface area contributed by atoms with E-state index in [4.69, 9.17) is 9.47 Å². The molecular formula is C20H20BrN3O3. The first-order valence-corrected chi connectivity index (χ1v) is 9.20. The average Bonchev–Trinajstić information content (AvgIpc) is 2.70. The molecular weight excluding hydrogens is 410 g/mol. The molecule has 3 rings (SSSR count). The Morgan fingerprint density at radius 2 is 1.81 bits per heavy atom. The standard InChI is InChI=1S/C20H20BrN3O3/c1-26-17-8-3-14(13-18(17)27-2)9-10-22-19-20(25)24(12-11-23-19)16-6-4-15(21)5-7-16/h3-8,11-13H,9-10H2,1-2H3,(H,22,23). The minimum Gasteiger partial charge on any atom is -0.493 e. The van der Waals surface area contributed by atoms with Crippen molar-refractivity contribution in [2.45, 2.75) is 6.42 Å². The number of rotatable bonds is 7. The fraction of sp³-hybridized carbons (Fsp3) is 0.200. The molecule has 1 N–H and O–H groups in total. The number of aromatic nitrogens is 2. The Bertz CT molecular complexity index is 971. The van der Waals surface area contributed by atoms with Crippen LogP contribution in [0.3, 0.4) is 0 Å². The van der Waals surface area contributed by atoms with Crippen molar-refractivity contribution < 1.29 is 9.47 Å². The highest BCUT2D eigenvalue weighted by molar-refractivity contribution is 9.10. The Kier molecular flexibility index (Phi) is 6.13. The number of hydrogen-bond donors (Lipinski definition) is 1. The van der Waals surface area contributed by atoms with Gasteiger partial charge in [-0.3, -0.25) is 9.36 Å². The van der Waals surface area contributed by atoms with Crippen LogP contribution in [0.15, 0.2) is 64.1 Å². The molecule has 1 aromatic heterocycles. The topological polar surface area (TPSA) is 65.4 Å². The van der Waals surface area contributed by atoms with Crippen molar-refractivity contribution in [3.8, 4) is 17.2 Å². The van der Waals surface area contributed by atoms with Gasteiger partial charge in [0.05, 0.1) is 14.2 Å². The number of nitrogens with zero attached hydrogens (tertiary/aromatic N) is 2. The molecule has 0 amide bonds. The van der Waals surface area contributed by atoms with Crippen LogP contribution in [-0.4, -0.2) is 30.3 Å². The van der Waals surface area contributed by atoms with Crippen molar-refractivity contribution in [3.05, 3.63) is 75.2 Å². The van der Waals surface area contributed by atoms with E-state index in [1.54, 1.807) is 31.2 Å². The summed E-state index contributed by atoms with van der Waals surface area (Å²) < 4.78 is 13.1. The van der Waals surface area contributed by atoms with Gasteiger partial charge in [0.1, 0.15) is 0 Å². The Morgan fingerprint density at radius 3 is 2.52 bits per heavy atom. The van der Waals surface area contributed by atoms with Crippen LogP contribution in [0.2, 0.25) is 0 Å². The van der Waals surface area contributed by atoms with E-state index in [2.05, 4.69) is 26.2 Å². The van der Waals surface area contributed by atoms with Gasteiger partial charge in [-0.15, -0.1) is 0 Å². The fourth-order valence-corrected chi connectivity index (χ4v) is 2.96. The van der Waals surface area contributed by atoms with Crippen molar-refractivity contribution in [2.75, 3.05) is 26.1 Å². The highest BCUT2D eigenvalue weighted by atomic mass is 79.9. The lowest BCUT2D eigenvalue weighted by Crippen LogP contribution is -2.24. The number of nitrogens with one attached hydrogen (secondary N) is 1. The zero-order valence-electron chi connectivity index (χ0n) is 15.1. The third kappa shape index (κ3) is 4.49. The van der Waals surface area contributed by atoms with E-state index in [9.17, 15) is 4.79 Å². The molecule has 0 radical (unpaired) electrons. The van der Waals surface area contributed by atoms with Gasteiger partial charge in [0, 0.05) is 29.1 Å². The molecule has 0 aliphatic carbocycles. The second kappa shape index (κ2) is 8.73. The molecule has 6 nitrogen and oxygen atoms in total. The lowest BCUT2D eigenvalue weighted by atomic mass is 10.1. The predicted octanol–water partition coefficient (Wildman–Crippen LogP) is 3.67. The molecule has 0 saturated heterocycles. The van der Waals surface area contributed by atoms with Gasteiger partial charge in [0.15, 0.2) is 17.3 Å². The highest BCUT2D eigenvalue weighted by Gasteiger charge is 2.08. The second-order valence-electron chi connectivity index (χ2n) is 5.79. The minimum absolute atomic E-state index is 0.188. The van der Waals surface area contributed by atoms with E-state index in [1.165, 1.54) is 0 Å². The van der Waals surface area contributed by atoms with E-state index in [0.29, 0.717) is 30.3 Å². The Morgan fingerprint density at radius 1 is 1.07 bits per heavy atom. The average molecular weight is 430 g/mol. The van der Waals surface area contributed by atoms with Crippen LogP contribution in [0.4, 0.5) is 5.82 Å². The molecule has 0 aliphatic heterocycles. The molecule has 140 valence electrons. The Labute approximate surface area is 165 Å². The summed E-state index contributed by atoms with van der Waals surface area (Å²) in [5.41, 5.74) is 1.67. The summed E-state index contributed by atoms with van der Waals surface area (Å²) in [6, 6.07) is 13.3. The van der Waals surface area contributed by atoms with E-state index < -0.39 is 0 Å². The lowest BCUT2D eigenvalue weighted by molar-refractivity contribution is 0.354. The largest absolute Gasteiger partial charge is 0.493 e. The van der Waals surface area contributed by atoms with E-state index in [0.717, 1.165) is 15.7 Å². The molecule has 1 heterocycles. The quantitative estimate of drug-likeness (QED) is 0.620. The molecule has 0 spiro atoms. The molecule has 0 unspecified atom stereocenters. The van der Waals surface area contributed by atoms with Gasteiger partial charge in [-0.2, -0.15) is 0 Å². The van der Waals surface area contributed by atoms with Gasteiger partial charge >= 0.3 is 0 Å². The SMILES string of the molecule is COc1ccc(CCNc2nccn(-c3ccc(Br)cc3)c2=O)cc1OC. The van der Waals surface area contributed by atoms with Gasteiger partial charge in [-0.1, -0.05) is 22.0 Å². The number of benzene rings is 2. The van der Waals surface area contributed by atoms with Gasteiger partial charge in [0.25, 0.3) is 5.56 Å². The zero-order valence-corrected chi connectivity index (χ0v) is 16.7. The van der Waals surface area contributed by atoms with E-state index in [-0.39, 0.29) is 5.56 Å². The minimum atomic E-state index is -0.188. The molecule has 0 atom stereocenters. The summed E-state index contributed by atoms with van der Waals surface area (Å²) in [5, 5.41) is 3.12. The maximum atomic E-state index is 12.7. The Hall–Kier alpha value is -2.80. The van der Waals surface area contributed by atoms with Crippen LogP contribution in [0, 0.1) is 0 Å². The molecule has 0 saturated carbocycles. The van der Waals surface area contributed by atoms with Gasteiger partial charge in [-0.05, 0) is 48.4 Å². The van der Waals surface area contributed by atoms with Crippen LogP contribution in [0.5, 0.6) is 11.5 Å². The third-order valence-corrected chi connectivity index (χ3v) is 4.63. The monoisotopic (exact) mass is 429 g/mol. The van der Waals surface area contributed by atoms with E-state index >= 15 is 0 Å². The fourth-order valence-electron chi connectivity index (χ4n) is 2.70. The summed E-state index contributed by atoms with van der Waals surface area (Å²) in [5.74, 6) is 1.70. The number of methoxy groups -OCH3 is 2. The Balaban J connectivity index is 1.71. The second-order valence-corrected chi connectivity index (χ2v) is 6.71. The van der Waals surface area contributed by atoms with Crippen molar-refractivity contribution >= 4 is 21.7 Å². The first-order chi connectivity index (χ1) is 13.1. The summed E-state index contributed by atoms with van der Waals surface area (Å²) in [6.07, 6.45) is 3.99. The number of halogens is 1. The normalized spacial score (nSPS) is 10.5. The smallest absolute Gasteiger partial charge is 0.297 e. The van der Waals surface area contributed by atoms with Crippen LogP contribution in [0.1, 0.15) is 5.56 Å². The summed E-state index contributed by atoms with van der Waals surface area (Å²) in [6.45, 7) is 0.572. The number of ether oxygens (including phenoxy) is 2. The van der Waals surface area contributed by atoms with Crippen LogP contribution in [-0.2, 0) is 6.42 Å². The summed E-state index contributed by atoms with van der Waals surface area (Å²) >= 11 is 3.40. The molecule has 0 fully saturated rings. The van der Waals surface area contributed by atoms with Gasteiger partial charge in [-0.25, -0.2) is 4.98 Å². The van der Waals surface area contributed by atoms with Crippen molar-refractivity contribution in [1.82, 2.24) is 9.55 Å². The first-order valence-electron chi connectivity index (χ1n) is 8.40. The highest BCUT2D eigenvalue weighted by Crippen LogP contribution is 2.27. The predicted molar refractivity (Wildman–Crippen MR) is 109 cm³/mol. The number of anilines is 1. The van der Waals surface area contributed by atoms with Gasteiger partial charge < -0.3 is 14.8 Å². The third-order valence-electron chi connectivity index (χ3n) is 4.10. The molecule has 0 aliphatic rings. The molecule has 2 aromatic carbocycles. The molecule has 7 heteroatoms. The maximum Gasteiger partial charge on any atom is 0.297 e. The first kappa shape index (κ1) is 19.0. The summed E-state index contributed by atoms with van der Waals surface area (Å²) in [7, 11) is 3.22. The molecule has 0 bridgehead atoms. The van der Waals surface area contributed by atoms with Gasteiger partial charge in [0.2, 0.25) is 0 Å². The van der Waals surface area contributed by atoms with Crippen LogP contribution >= 0.6 is 15.9 Å². The zero-order chi connectivity index (χ0) is 19.2. The van der Waals surface area contributed by atoms with Crippen molar-refractivity contribution in [3.63, 3.8) is 0 Å². The summed E-state index contributed by atoms with van der Waals surface area (Å²) in [4.78, 5) is 16.8. The van der Waals surface area contributed by atoms with Crippen molar-refractivity contribution in [1.29, 1.82) is 0 Å². The lowest BCUT2D eigenvalue weighted by Gasteiger charge is -2.11. The van der Waals surface area contributed by atoms with Crippen LogP contribution < -0.4 is 20.3 Å². The number of hydrogen-bond acceptors (Lipinski definition) is 5. The molecule has 27 heavy (non-hydrogen) atoms. The van der Waals surface area contributed by atoms with E-state index in [1.807, 2.05) is 42.5 Å².